The van der Waals surface area contributed by atoms with Gasteiger partial charge in [-0.15, -0.1) is 0 Å². The van der Waals surface area contributed by atoms with E-state index in [2.05, 4.69) is 195 Å². The monoisotopic (exact) mass is 758 g/mol. The zero-order valence-electron chi connectivity index (χ0n) is 32.9. The highest BCUT2D eigenvalue weighted by molar-refractivity contribution is 6.73. The molecule has 1 aliphatic rings. The average Bonchev–Trinajstić information content (AvgIpc) is 3.95. The molecule has 0 amide bonds. The number of para-hydroxylation sites is 2. The summed E-state index contributed by atoms with van der Waals surface area (Å²) in [5.74, 6) is 0.876. The van der Waals surface area contributed by atoms with Crippen LogP contribution in [0.3, 0.4) is 0 Å². The van der Waals surface area contributed by atoms with Crippen molar-refractivity contribution >= 4 is 90.0 Å². The van der Waals surface area contributed by atoms with Gasteiger partial charge in [0.25, 0.3) is 0 Å². The number of aromatic nitrogens is 1. The first-order valence-corrected chi connectivity index (χ1v) is 20.1. The molecule has 0 saturated heterocycles. The maximum atomic E-state index is 6.91. The summed E-state index contributed by atoms with van der Waals surface area (Å²) in [7, 11) is 6.51. The fourth-order valence-electron chi connectivity index (χ4n) is 9.40. The minimum atomic E-state index is 0.848. The van der Waals surface area contributed by atoms with Gasteiger partial charge in [-0.1, -0.05) is 109 Å². The number of hydrogen-bond acceptors (Lipinski definition) is 4. The molecule has 1 radical (unpaired) electrons. The maximum absolute atomic E-state index is 6.91. The van der Waals surface area contributed by atoms with Crippen LogP contribution in [0.4, 0.5) is 17.1 Å². The highest BCUT2D eigenvalue weighted by atomic mass is 16.3. The number of fused-ring (bicyclic) bond motifs is 9. The smallest absolute Gasteiger partial charge is 0.198 e. The van der Waals surface area contributed by atoms with Crippen LogP contribution in [0.25, 0.3) is 94.0 Å². The normalized spacial score (nSPS) is 12.1. The van der Waals surface area contributed by atoms with E-state index in [1.54, 1.807) is 0 Å². The van der Waals surface area contributed by atoms with Gasteiger partial charge in [0.2, 0.25) is 0 Å². The van der Waals surface area contributed by atoms with Crippen molar-refractivity contribution in [3.63, 3.8) is 0 Å². The zero-order valence-corrected chi connectivity index (χ0v) is 32.9. The topological polar surface area (TPSA) is 46.5 Å². The van der Waals surface area contributed by atoms with E-state index >= 15 is 0 Å². The Morgan fingerprint density at radius 3 is 2.05 bits per heavy atom. The highest BCUT2D eigenvalue weighted by Crippen LogP contribution is 2.45. The van der Waals surface area contributed by atoms with Crippen LogP contribution in [0.1, 0.15) is 5.56 Å². The Bertz CT molecular complexity index is 3470. The number of nitrogens with zero attached hydrogens (tertiary/aromatic N) is 2. The summed E-state index contributed by atoms with van der Waals surface area (Å²) in [5, 5.41) is 9.61. The van der Waals surface area contributed by atoms with Crippen LogP contribution in [-0.4, -0.2) is 25.9 Å². The highest BCUT2D eigenvalue weighted by Gasteiger charge is 2.30. The number of anilines is 3. The molecular weight excluding hydrogens is 721 g/mol. The van der Waals surface area contributed by atoms with E-state index in [1.165, 1.54) is 32.8 Å². The fraction of sp³-hybridized carbons (Fsp3) is 0.0566. The summed E-state index contributed by atoms with van der Waals surface area (Å²) in [5.41, 5.74) is 18.3. The minimum absolute atomic E-state index is 0.848. The average molecular weight is 759 g/mol. The van der Waals surface area contributed by atoms with Crippen LogP contribution < -0.4 is 21.1 Å². The van der Waals surface area contributed by atoms with E-state index in [4.69, 9.17) is 8.83 Å². The molecule has 5 nitrogen and oxygen atoms in total. The quantitative estimate of drug-likeness (QED) is 0.172. The van der Waals surface area contributed by atoms with Crippen LogP contribution in [0, 0.1) is 6.92 Å². The van der Waals surface area contributed by atoms with Crippen molar-refractivity contribution in [2.24, 2.45) is 0 Å². The lowest BCUT2D eigenvalue weighted by Gasteiger charge is -2.25. The first-order chi connectivity index (χ1) is 29.0. The fourth-order valence-corrected chi connectivity index (χ4v) is 9.40. The van der Waals surface area contributed by atoms with E-state index in [0.717, 1.165) is 94.7 Å². The Hall–Kier alpha value is -7.44. The Balaban J connectivity index is 1.14. The maximum Gasteiger partial charge on any atom is 0.198 e. The third-order valence-electron chi connectivity index (χ3n) is 12.1. The van der Waals surface area contributed by atoms with Gasteiger partial charge in [0.1, 0.15) is 22.5 Å². The first kappa shape index (κ1) is 33.7. The van der Waals surface area contributed by atoms with E-state index in [-0.39, 0.29) is 0 Å². The molecular formula is C53H37BN3O2. The molecule has 6 heteroatoms. The van der Waals surface area contributed by atoms with Crippen LogP contribution in [-0.2, 0) is 0 Å². The Morgan fingerprint density at radius 1 is 0.576 bits per heavy atom. The predicted octanol–water partition coefficient (Wildman–Crippen LogP) is 12.5. The van der Waals surface area contributed by atoms with Gasteiger partial charge in [0.15, 0.2) is 7.28 Å². The summed E-state index contributed by atoms with van der Waals surface area (Å²) < 4.78 is 15.9. The molecule has 11 aromatic rings. The van der Waals surface area contributed by atoms with Crippen molar-refractivity contribution in [3.05, 3.63) is 169 Å². The third-order valence-corrected chi connectivity index (χ3v) is 12.1. The molecule has 0 bridgehead atoms. The molecule has 3 aromatic heterocycles. The van der Waals surface area contributed by atoms with Crippen LogP contribution in [0.15, 0.2) is 173 Å². The molecule has 8 aromatic carbocycles. The second-order valence-electron chi connectivity index (χ2n) is 15.9. The molecule has 12 rings (SSSR count). The summed E-state index contributed by atoms with van der Waals surface area (Å²) in [6.07, 6.45) is 0. The summed E-state index contributed by atoms with van der Waals surface area (Å²) in [6.45, 7) is 2.26. The van der Waals surface area contributed by atoms with Crippen molar-refractivity contribution in [2.45, 2.75) is 6.92 Å². The lowest BCUT2D eigenvalue weighted by Crippen LogP contribution is -2.37. The van der Waals surface area contributed by atoms with Crippen LogP contribution >= 0.6 is 0 Å². The van der Waals surface area contributed by atoms with Gasteiger partial charge in [-0.3, -0.25) is 0 Å². The lowest BCUT2D eigenvalue weighted by molar-refractivity contribution is 0.632. The predicted molar refractivity (Wildman–Crippen MR) is 248 cm³/mol. The van der Waals surface area contributed by atoms with Crippen molar-refractivity contribution in [1.29, 1.82) is 0 Å². The summed E-state index contributed by atoms with van der Waals surface area (Å²) in [6, 6.07) is 58.3. The number of hydrogen-bond donors (Lipinski definition) is 1. The number of nitrogens with one attached hydrogen (secondary N) is 1. The van der Waals surface area contributed by atoms with Gasteiger partial charge >= 0.3 is 0 Å². The summed E-state index contributed by atoms with van der Waals surface area (Å²) in [4.78, 5) is 2.12. The molecule has 59 heavy (non-hydrogen) atoms. The van der Waals surface area contributed by atoms with E-state index in [9.17, 15) is 0 Å². The van der Waals surface area contributed by atoms with Crippen molar-refractivity contribution in [2.75, 3.05) is 24.3 Å². The van der Waals surface area contributed by atoms with Gasteiger partial charge in [-0.05, 0) is 83.7 Å². The van der Waals surface area contributed by atoms with Gasteiger partial charge in [-0.2, -0.15) is 0 Å². The minimum Gasteiger partial charge on any atom is -0.456 e. The molecule has 0 aliphatic carbocycles. The Kier molecular flexibility index (Phi) is 7.30. The van der Waals surface area contributed by atoms with Gasteiger partial charge in [0.05, 0.1) is 11.2 Å². The molecule has 4 heterocycles. The van der Waals surface area contributed by atoms with Gasteiger partial charge in [-0.25, -0.2) is 0 Å². The van der Waals surface area contributed by atoms with E-state index in [1.807, 2.05) is 12.1 Å². The number of benzene rings is 8. The second-order valence-corrected chi connectivity index (χ2v) is 15.9. The van der Waals surface area contributed by atoms with Gasteiger partial charge < -0.3 is 23.6 Å². The molecule has 0 fully saturated rings. The molecule has 0 unspecified atom stereocenters. The number of aryl methyl sites for hydroxylation is 1. The van der Waals surface area contributed by atoms with Gasteiger partial charge in [0, 0.05) is 86.4 Å². The Morgan fingerprint density at radius 2 is 1.27 bits per heavy atom. The summed E-state index contributed by atoms with van der Waals surface area (Å²) >= 11 is 0. The van der Waals surface area contributed by atoms with E-state index < -0.39 is 0 Å². The standard InChI is InChI=1S/C53H37BN3O2/c1-31-26-40(38-27-39-36-18-11-13-21-46(36)58-48(39)30-43(38)55-34-22-24-35(25-23-34)56(2)3)51-52-49(31)37-19-10-12-20-44(37)57(52)45-28-41-47(29-42(45)54-51)59-53(33-16-8-5-9-17-33)50(41)32-14-6-4-7-15-32/h4-30,55H,1-3H3. The van der Waals surface area contributed by atoms with Crippen molar-refractivity contribution in [1.82, 2.24) is 4.57 Å². The molecule has 0 spiro atoms. The molecule has 279 valence electrons. The van der Waals surface area contributed by atoms with E-state index in [0.29, 0.717) is 0 Å². The molecule has 1 aliphatic heterocycles. The first-order valence-electron chi connectivity index (χ1n) is 20.1. The molecule has 0 atom stereocenters. The lowest BCUT2D eigenvalue weighted by atomic mass is 9.58. The molecule has 1 N–H and O–H groups in total. The Labute approximate surface area is 342 Å². The molecule has 0 saturated carbocycles. The second kappa shape index (κ2) is 12.8. The van der Waals surface area contributed by atoms with Crippen molar-refractivity contribution < 1.29 is 8.83 Å². The SMILES string of the molecule is Cc1cc(-c2cc3c(cc2Nc2ccc(N(C)C)cc2)oc2ccccc23)c2c3c1c1ccccc1n3-c1cc3c(-c4ccccc4)c(-c4ccccc4)oc3cc1[B]2. The zero-order chi connectivity index (χ0) is 39.4. The number of rotatable bonds is 6. The largest absolute Gasteiger partial charge is 0.456 e. The third kappa shape index (κ3) is 5.12. The van der Waals surface area contributed by atoms with Crippen LogP contribution in [0.5, 0.6) is 0 Å². The van der Waals surface area contributed by atoms with Crippen molar-refractivity contribution in [3.8, 4) is 39.3 Å². The van der Waals surface area contributed by atoms with Crippen LogP contribution in [0.2, 0.25) is 0 Å². The number of furan rings is 2.